The first-order valence-electron chi connectivity index (χ1n) is 10.8. The minimum Gasteiger partial charge on any atom is -0.477 e. The van der Waals surface area contributed by atoms with Crippen molar-refractivity contribution in [1.29, 1.82) is 5.41 Å². The number of nitrogens with zero attached hydrogens (tertiary/aromatic N) is 8. The summed E-state index contributed by atoms with van der Waals surface area (Å²) in [7, 11) is 1.23. The molecule has 0 radical (unpaired) electrons. The fraction of sp³-hybridized carbons (Fsp3) is 0.389. The Morgan fingerprint density at radius 1 is 1.44 bits per heavy atom. The second-order valence-electron chi connectivity index (χ2n) is 7.70. The van der Waals surface area contributed by atoms with E-state index in [0.717, 1.165) is 16.4 Å². The van der Waals surface area contributed by atoms with Crippen LogP contribution in [0.3, 0.4) is 0 Å². The highest BCUT2D eigenvalue weighted by atomic mass is 32.2. The third kappa shape index (κ3) is 5.84. The second-order valence-corrected chi connectivity index (χ2v) is 11.1. The Morgan fingerprint density at radius 2 is 2.21 bits per heavy atom. The van der Waals surface area contributed by atoms with Gasteiger partial charge in [-0.05, 0) is 10.4 Å². The number of β-lactam (4-membered cyclic amide) rings is 1. The van der Waals surface area contributed by atoms with Gasteiger partial charge in [-0.25, -0.2) is 9.48 Å². The summed E-state index contributed by atoms with van der Waals surface area (Å²) in [4.78, 5) is 48.0. The molecule has 2 atom stereocenters. The van der Waals surface area contributed by atoms with Gasteiger partial charge in [-0.15, -0.1) is 16.9 Å². The Morgan fingerprint density at radius 3 is 2.85 bits per heavy atom. The van der Waals surface area contributed by atoms with Crippen LogP contribution in [0.25, 0.3) is 0 Å². The van der Waals surface area contributed by atoms with Crippen molar-refractivity contribution in [3.63, 3.8) is 0 Å². The smallest absolute Gasteiger partial charge is 0.353 e. The lowest BCUT2D eigenvalue weighted by Crippen LogP contribution is -2.71. The van der Waals surface area contributed by atoms with E-state index in [-0.39, 0.29) is 50.2 Å². The average Bonchev–Trinajstić information content (AvgIpc) is 3.55. The number of thiocarbonyl (C=S) groups is 1. The molecule has 2 aliphatic rings. The number of aromatic nitrogens is 6. The molecule has 4 heterocycles. The maximum Gasteiger partial charge on any atom is 0.353 e. The van der Waals surface area contributed by atoms with E-state index in [1.165, 1.54) is 35.3 Å². The SMILES string of the molecule is CO/N=C(\C(=O)N[C@@H]1C(=O)N2C(C(=O)O)=C(C(=S)c3nnnn3CCSCC(=N)N)CS[C@@H]12)c1nsc(N)n1. The van der Waals surface area contributed by atoms with Crippen molar-refractivity contribution in [2.75, 3.05) is 30.1 Å². The average molecular weight is 613 g/mol. The van der Waals surface area contributed by atoms with Gasteiger partial charge in [-0.1, -0.05) is 17.4 Å². The first kappa shape index (κ1) is 28.3. The van der Waals surface area contributed by atoms with Crippen LogP contribution >= 0.6 is 47.3 Å². The number of hydrogen-bond acceptors (Lipinski definition) is 16. The number of nitrogens with two attached hydrogens (primary N) is 2. The number of aliphatic carboxylic acids is 1. The van der Waals surface area contributed by atoms with Crippen molar-refractivity contribution in [2.45, 2.75) is 18.0 Å². The standard InChI is InChI=1S/C18H20N12O5S4/c1-35-25-8(12-23-18(21)39-26-12)14(31)22-9-15(32)30-10(17(33)34)6(4-38-16(9)30)11(36)13-24-27-28-29(13)2-3-37-5-7(19)20/h9,16H,2-5H2,1H3,(H3,19,20)(H,22,31)(H,33,34)(H2,21,23,26)/b25-8-/t9-,16+/m1/s1. The zero-order valence-electron chi connectivity index (χ0n) is 19.9. The van der Waals surface area contributed by atoms with Gasteiger partial charge in [0.1, 0.15) is 30.1 Å². The van der Waals surface area contributed by atoms with Gasteiger partial charge in [-0.2, -0.15) is 21.1 Å². The maximum absolute atomic E-state index is 13.1. The summed E-state index contributed by atoms with van der Waals surface area (Å²) in [5.41, 5.74) is 10.5. The van der Waals surface area contributed by atoms with Gasteiger partial charge in [0.2, 0.25) is 11.5 Å². The van der Waals surface area contributed by atoms with E-state index in [1.54, 1.807) is 0 Å². The second kappa shape index (κ2) is 12.0. The molecule has 1 fully saturated rings. The van der Waals surface area contributed by atoms with Crippen LogP contribution in [0.5, 0.6) is 0 Å². The summed E-state index contributed by atoms with van der Waals surface area (Å²) in [6.45, 7) is 0.341. The largest absolute Gasteiger partial charge is 0.477 e. The number of amidine groups is 1. The van der Waals surface area contributed by atoms with Gasteiger partial charge in [-0.3, -0.25) is 19.9 Å². The third-order valence-electron chi connectivity index (χ3n) is 5.22. The van der Waals surface area contributed by atoms with E-state index >= 15 is 0 Å². The zero-order chi connectivity index (χ0) is 28.3. The molecule has 39 heavy (non-hydrogen) atoms. The first-order valence-corrected chi connectivity index (χ1v) is 14.2. The van der Waals surface area contributed by atoms with Crippen molar-refractivity contribution in [1.82, 2.24) is 39.8 Å². The number of tetrazole rings is 1. The van der Waals surface area contributed by atoms with Crippen LogP contribution in [0.2, 0.25) is 0 Å². The Balaban J connectivity index is 1.52. The van der Waals surface area contributed by atoms with Crippen molar-refractivity contribution in [3.05, 3.63) is 22.9 Å². The number of carbonyl (C=O) groups is 3. The normalized spacial score (nSPS) is 18.8. The third-order valence-corrected chi connectivity index (χ3v) is 8.46. The number of hydrogen-bond donors (Lipinski definition) is 5. The number of aryl methyl sites for hydroxylation is 1. The maximum atomic E-state index is 13.1. The summed E-state index contributed by atoms with van der Waals surface area (Å²) in [5.74, 6) is -1.67. The molecule has 21 heteroatoms. The number of amides is 2. The van der Waals surface area contributed by atoms with Crippen LogP contribution < -0.4 is 16.8 Å². The molecule has 0 saturated carbocycles. The number of fused-ring (bicyclic) bond motifs is 1. The first-order chi connectivity index (χ1) is 18.6. The van der Waals surface area contributed by atoms with E-state index in [0.29, 0.717) is 18.1 Å². The fourth-order valence-corrected chi connectivity index (χ4v) is 6.46. The summed E-state index contributed by atoms with van der Waals surface area (Å²) in [5, 5.41) is 34.4. The molecule has 0 bridgehead atoms. The van der Waals surface area contributed by atoms with Crippen molar-refractivity contribution >= 4 is 86.6 Å². The van der Waals surface area contributed by atoms with Gasteiger partial charge >= 0.3 is 5.97 Å². The van der Waals surface area contributed by atoms with E-state index < -0.39 is 29.2 Å². The van der Waals surface area contributed by atoms with Gasteiger partial charge in [0.05, 0.1) is 17.2 Å². The van der Waals surface area contributed by atoms with Crippen LogP contribution in [0.4, 0.5) is 5.13 Å². The lowest BCUT2D eigenvalue weighted by Gasteiger charge is -2.49. The van der Waals surface area contributed by atoms with Crippen molar-refractivity contribution in [2.24, 2.45) is 10.9 Å². The molecule has 2 aliphatic heterocycles. The molecule has 4 rings (SSSR count). The molecule has 0 aliphatic carbocycles. The zero-order valence-corrected chi connectivity index (χ0v) is 23.2. The Hall–Kier alpha value is -3.69. The number of nitrogens with one attached hydrogen (secondary N) is 2. The predicted octanol–water partition coefficient (Wildman–Crippen LogP) is -1.72. The molecule has 2 aromatic rings. The van der Waals surface area contributed by atoms with E-state index in [2.05, 4.69) is 35.4 Å². The summed E-state index contributed by atoms with van der Waals surface area (Å²) in [6, 6.07) is -1.05. The summed E-state index contributed by atoms with van der Waals surface area (Å²) < 4.78 is 5.36. The van der Waals surface area contributed by atoms with Crippen LogP contribution in [0, 0.1) is 5.41 Å². The Labute approximate surface area is 237 Å². The Bertz CT molecular complexity index is 1400. The topological polar surface area (TPSA) is 254 Å². The lowest BCUT2D eigenvalue weighted by molar-refractivity contribution is -0.150. The van der Waals surface area contributed by atoms with E-state index in [9.17, 15) is 19.5 Å². The minimum atomic E-state index is -1.37. The molecular weight excluding hydrogens is 593 g/mol. The van der Waals surface area contributed by atoms with Gasteiger partial charge in [0.25, 0.3) is 11.8 Å². The number of thioether (sulfide) groups is 2. The molecule has 2 amide bonds. The molecule has 0 aromatic carbocycles. The minimum absolute atomic E-state index is 0.0397. The number of rotatable bonds is 12. The molecule has 0 unspecified atom stereocenters. The monoisotopic (exact) mass is 612 g/mol. The van der Waals surface area contributed by atoms with E-state index in [4.69, 9.17) is 33.9 Å². The molecule has 206 valence electrons. The Kier molecular flexibility index (Phi) is 8.72. The highest BCUT2D eigenvalue weighted by Crippen LogP contribution is 2.41. The number of carboxylic acids is 1. The van der Waals surface area contributed by atoms with Crippen LogP contribution in [0.15, 0.2) is 16.4 Å². The summed E-state index contributed by atoms with van der Waals surface area (Å²) >= 11 is 9.03. The number of oxime groups is 1. The predicted molar refractivity (Wildman–Crippen MR) is 146 cm³/mol. The number of carboxylic acid groups (broad SMARTS) is 1. The number of anilines is 1. The molecule has 0 spiro atoms. The number of nitrogen functional groups attached to an aromatic ring is 1. The molecule has 17 nitrogen and oxygen atoms in total. The highest BCUT2D eigenvalue weighted by Gasteiger charge is 2.55. The summed E-state index contributed by atoms with van der Waals surface area (Å²) in [6.07, 6.45) is 0. The molecule has 1 saturated heterocycles. The number of carbonyl (C=O) groups excluding carboxylic acids is 2. The quantitative estimate of drug-likeness (QED) is 0.0340. The van der Waals surface area contributed by atoms with Crippen LogP contribution in [-0.2, 0) is 25.8 Å². The van der Waals surface area contributed by atoms with Gasteiger partial charge in [0.15, 0.2) is 11.0 Å². The molecular formula is C18H20N12O5S4. The van der Waals surface area contributed by atoms with Crippen molar-refractivity contribution < 1.29 is 24.3 Å². The van der Waals surface area contributed by atoms with Gasteiger partial charge in [0, 0.05) is 28.6 Å². The van der Waals surface area contributed by atoms with Gasteiger partial charge < -0.3 is 26.7 Å². The van der Waals surface area contributed by atoms with E-state index in [1.807, 2.05) is 0 Å². The lowest BCUT2D eigenvalue weighted by atomic mass is 10.0. The molecule has 7 N–H and O–H groups in total. The highest BCUT2D eigenvalue weighted by molar-refractivity contribution is 8.00. The van der Waals surface area contributed by atoms with Crippen LogP contribution in [-0.4, -0.2) is 110 Å². The molecule has 2 aromatic heterocycles. The fourth-order valence-electron chi connectivity index (χ4n) is 3.60. The van der Waals surface area contributed by atoms with Crippen LogP contribution in [0.1, 0.15) is 11.6 Å². The van der Waals surface area contributed by atoms with Crippen molar-refractivity contribution in [3.8, 4) is 0 Å².